The standard InChI is InChI=1S/C15H18S/c1-11(2)9-14-10-15(12(3)16-14)13-7-5-4-6-8-13/h4-8,10-11H,9H2,1-3H3. The minimum Gasteiger partial charge on any atom is -0.145 e. The van der Waals surface area contributed by atoms with Gasteiger partial charge in [-0.1, -0.05) is 44.2 Å². The Labute approximate surface area is 102 Å². The zero-order chi connectivity index (χ0) is 11.5. The van der Waals surface area contributed by atoms with E-state index in [4.69, 9.17) is 0 Å². The molecule has 0 bridgehead atoms. The quantitative estimate of drug-likeness (QED) is 0.702. The first-order chi connectivity index (χ1) is 7.66. The third-order valence-corrected chi connectivity index (χ3v) is 3.74. The first kappa shape index (κ1) is 11.4. The molecule has 0 N–H and O–H groups in total. The predicted molar refractivity (Wildman–Crippen MR) is 73.0 cm³/mol. The third-order valence-electron chi connectivity index (χ3n) is 2.66. The predicted octanol–water partition coefficient (Wildman–Crippen LogP) is 4.92. The molecule has 2 aromatic rings. The molecule has 84 valence electrons. The van der Waals surface area contributed by atoms with Crippen molar-refractivity contribution in [3.05, 3.63) is 46.2 Å². The molecule has 0 atom stereocenters. The molecule has 16 heavy (non-hydrogen) atoms. The van der Waals surface area contributed by atoms with Crippen molar-refractivity contribution in [3.8, 4) is 11.1 Å². The van der Waals surface area contributed by atoms with Crippen LogP contribution in [0.4, 0.5) is 0 Å². The van der Waals surface area contributed by atoms with Crippen LogP contribution in [-0.4, -0.2) is 0 Å². The lowest BCUT2D eigenvalue weighted by Gasteiger charge is -2.00. The fourth-order valence-electron chi connectivity index (χ4n) is 1.95. The lowest BCUT2D eigenvalue weighted by atomic mass is 10.0. The zero-order valence-electron chi connectivity index (χ0n) is 10.2. The zero-order valence-corrected chi connectivity index (χ0v) is 11.0. The highest BCUT2D eigenvalue weighted by Crippen LogP contribution is 2.31. The Morgan fingerprint density at radius 3 is 2.44 bits per heavy atom. The van der Waals surface area contributed by atoms with Crippen LogP contribution in [0.3, 0.4) is 0 Å². The molecule has 0 nitrogen and oxygen atoms in total. The summed E-state index contributed by atoms with van der Waals surface area (Å²) in [4.78, 5) is 2.94. The Hall–Kier alpha value is -1.08. The van der Waals surface area contributed by atoms with Crippen molar-refractivity contribution >= 4 is 11.3 Å². The lowest BCUT2D eigenvalue weighted by molar-refractivity contribution is 0.654. The molecule has 1 aromatic carbocycles. The van der Waals surface area contributed by atoms with Crippen molar-refractivity contribution in [2.24, 2.45) is 5.92 Å². The molecule has 1 heteroatoms. The molecule has 2 rings (SSSR count). The van der Waals surface area contributed by atoms with Crippen molar-refractivity contribution in [2.45, 2.75) is 27.2 Å². The Morgan fingerprint density at radius 1 is 1.12 bits per heavy atom. The molecule has 0 amide bonds. The average Bonchev–Trinajstić information content (AvgIpc) is 2.60. The Balaban J connectivity index is 2.32. The maximum atomic E-state index is 2.36. The second-order valence-electron chi connectivity index (χ2n) is 4.65. The third kappa shape index (κ3) is 2.53. The van der Waals surface area contributed by atoms with E-state index in [0.717, 1.165) is 5.92 Å². The van der Waals surface area contributed by atoms with Gasteiger partial charge in [-0.15, -0.1) is 11.3 Å². The molecule has 0 unspecified atom stereocenters. The summed E-state index contributed by atoms with van der Waals surface area (Å²) in [7, 11) is 0. The van der Waals surface area contributed by atoms with Crippen LogP contribution in [0.5, 0.6) is 0 Å². The van der Waals surface area contributed by atoms with E-state index in [-0.39, 0.29) is 0 Å². The van der Waals surface area contributed by atoms with Crippen molar-refractivity contribution in [1.29, 1.82) is 0 Å². The minimum atomic E-state index is 0.738. The molecule has 0 fully saturated rings. The van der Waals surface area contributed by atoms with Gasteiger partial charge in [0.1, 0.15) is 0 Å². The summed E-state index contributed by atoms with van der Waals surface area (Å²) in [5, 5.41) is 0. The first-order valence-corrected chi connectivity index (χ1v) is 6.63. The fraction of sp³-hybridized carbons (Fsp3) is 0.333. The van der Waals surface area contributed by atoms with Crippen LogP contribution in [0.2, 0.25) is 0 Å². The van der Waals surface area contributed by atoms with Crippen LogP contribution >= 0.6 is 11.3 Å². The second-order valence-corrected chi connectivity index (χ2v) is 5.99. The molecule has 0 aliphatic heterocycles. The molecular formula is C15H18S. The molecule has 1 heterocycles. The summed E-state index contributed by atoms with van der Waals surface area (Å²) in [6, 6.07) is 13.0. The monoisotopic (exact) mass is 230 g/mol. The molecule has 1 aromatic heterocycles. The molecule has 0 saturated carbocycles. The molecule has 0 radical (unpaired) electrons. The topological polar surface area (TPSA) is 0 Å². The van der Waals surface area contributed by atoms with Gasteiger partial charge in [0, 0.05) is 9.75 Å². The highest BCUT2D eigenvalue weighted by Gasteiger charge is 2.08. The largest absolute Gasteiger partial charge is 0.145 e. The van der Waals surface area contributed by atoms with Gasteiger partial charge in [-0.05, 0) is 36.5 Å². The van der Waals surface area contributed by atoms with Crippen molar-refractivity contribution in [1.82, 2.24) is 0 Å². The maximum absolute atomic E-state index is 2.36. The number of benzene rings is 1. The molecule has 0 aliphatic rings. The number of rotatable bonds is 3. The Morgan fingerprint density at radius 2 is 1.81 bits per heavy atom. The summed E-state index contributed by atoms with van der Waals surface area (Å²) in [5.74, 6) is 0.738. The first-order valence-electron chi connectivity index (χ1n) is 5.81. The van der Waals surface area contributed by atoms with Gasteiger partial charge >= 0.3 is 0 Å². The number of thiophene rings is 1. The van der Waals surface area contributed by atoms with E-state index in [1.54, 1.807) is 0 Å². The van der Waals surface area contributed by atoms with Gasteiger partial charge < -0.3 is 0 Å². The van der Waals surface area contributed by atoms with Crippen molar-refractivity contribution in [3.63, 3.8) is 0 Å². The summed E-state index contributed by atoms with van der Waals surface area (Å²) >= 11 is 1.94. The SMILES string of the molecule is Cc1sc(CC(C)C)cc1-c1ccccc1. The summed E-state index contributed by atoms with van der Waals surface area (Å²) < 4.78 is 0. The number of hydrogen-bond acceptors (Lipinski definition) is 1. The van der Waals surface area contributed by atoms with Crippen LogP contribution in [0, 0.1) is 12.8 Å². The van der Waals surface area contributed by atoms with E-state index in [1.165, 1.54) is 27.3 Å². The lowest BCUT2D eigenvalue weighted by Crippen LogP contribution is -1.89. The number of hydrogen-bond donors (Lipinski definition) is 0. The van der Waals surface area contributed by atoms with Crippen LogP contribution < -0.4 is 0 Å². The van der Waals surface area contributed by atoms with E-state index < -0.39 is 0 Å². The van der Waals surface area contributed by atoms with Gasteiger partial charge in [0.15, 0.2) is 0 Å². The second kappa shape index (κ2) is 4.84. The van der Waals surface area contributed by atoms with Crippen LogP contribution in [0.25, 0.3) is 11.1 Å². The van der Waals surface area contributed by atoms with Gasteiger partial charge in [0.2, 0.25) is 0 Å². The van der Waals surface area contributed by atoms with E-state index in [9.17, 15) is 0 Å². The summed E-state index contributed by atoms with van der Waals surface area (Å²) in [6.07, 6.45) is 1.19. The van der Waals surface area contributed by atoms with E-state index >= 15 is 0 Å². The maximum Gasteiger partial charge on any atom is 0.00955 e. The molecular weight excluding hydrogens is 212 g/mol. The smallest absolute Gasteiger partial charge is 0.00955 e. The normalized spacial score (nSPS) is 11.0. The fourth-order valence-corrected chi connectivity index (χ4v) is 3.22. The molecule has 0 aliphatic carbocycles. The van der Waals surface area contributed by atoms with Crippen LogP contribution in [-0.2, 0) is 6.42 Å². The minimum absolute atomic E-state index is 0.738. The average molecular weight is 230 g/mol. The van der Waals surface area contributed by atoms with Crippen LogP contribution in [0.15, 0.2) is 36.4 Å². The van der Waals surface area contributed by atoms with E-state index in [0.29, 0.717) is 0 Å². The molecule has 0 spiro atoms. The van der Waals surface area contributed by atoms with Gasteiger partial charge in [0.05, 0.1) is 0 Å². The highest BCUT2D eigenvalue weighted by atomic mass is 32.1. The Bertz CT molecular complexity index is 452. The summed E-state index contributed by atoms with van der Waals surface area (Å²) in [5.41, 5.74) is 2.74. The van der Waals surface area contributed by atoms with Crippen molar-refractivity contribution < 1.29 is 0 Å². The number of aryl methyl sites for hydroxylation is 1. The Kier molecular flexibility index (Phi) is 3.45. The van der Waals surface area contributed by atoms with E-state index in [1.807, 2.05) is 11.3 Å². The van der Waals surface area contributed by atoms with Crippen LogP contribution in [0.1, 0.15) is 23.6 Å². The van der Waals surface area contributed by atoms with Gasteiger partial charge in [-0.25, -0.2) is 0 Å². The van der Waals surface area contributed by atoms with Crippen molar-refractivity contribution in [2.75, 3.05) is 0 Å². The van der Waals surface area contributed by atoms with E-state index in [2.05, 4.69) is 57.2 Å². The molecule has 0 saturated heterocycles. The van der Waals surface area contributed by atoms with Gasteiger partial charge in [-0.2, -0.15) is 0 Å². The van der Waals surface area contributed by atoms with Gasteiger partial charge in [-0.3, -0.25) is 0 Å². The van der Waals surface area contributed by atoms with Gasteiger partial charge in [0.25, 0.3) is 0 Å². The highest BCUT2D eigenvalue weighted by molar-refractivity contribution is 7.12. The summed E-state index contributed by atoms with van der Waals surface area (Å²) in [6.45, 7) is 6.77.